The molecule has 58 valence electrons. The Morgan fingerprint density at radius 1 is 1.31 bits per heavy atom. The molecule has 7 heteroatoms. The molecule has 0 unspecified atom stereocenters. The Morgan fingerprint density at radius 3 is 2.08 bits per heavy atom. The molecule has 1 aromatic rings. The molecule has 0 atom stereocenters. The number of aromatic carboxylic acids is 1. The van der Waals surface area contributed by atoms with Crippen molar-refractivity contribution < 1.29 is 141 Å². The molecule has 3 nitrogen and oxygen atoms in total. The van der Waals surface area contributed by atoms with Gasteiger partial charge in [0.1, 0.15) is 0 Å². The summed E-state index contributed by atoms with van der Waals surface area (Å²) in [5.41, 5.74) is 0.164. The second-order valence-electron chi connectivity index (χ2n) is 1.48. The van der Waals surface area contributed by atoms with Gasteiger partial charge in [0.05, 0.1) is 0 Å². The fourth-order valence-electron chi connectivity index (χ4n) is 0.442. The molecule has 0 saturated heterocycles. The number of carboxylic acids is 1. The Labute approximate surface area is 178 Å². The van der Waals surface area contributed by atoms with Crippen LogP contribution in [0.2, 0.25) is 0 Å². The van der Waals surface area contributed by atoms with Crippen molar-refractivity contribution in [1.29, 1.82) is 0 Å². The second kappa shape index (κ2) is 15.0. The predicted molar refractivity (Wildman–Crippen MR) is 30.0 cm³/mol. The van der Waals surface area contributed by atoms with E-state index >= 15 is 0 Å². The average Bonchev–Trinajstić information content (AvgIpc) is 1.90. The third-order valence-corrected chi connectivity index (χ3v) is 0.848. The average molecular weight is 478 g/mol. The van der Waals surface area contributed by atoms with Gasteiger partial charge in [-0.15, -0.1) is 0 Å². The van der Waals surface area contributed by atoms with Gasteiger partial charge < -0.3 is 10.1 Å². The molecule has 0 spiro atoms. The molecular formula is C6H4NO2Y4-. The zero-order chi connectivity index (χ0) is 6.69. The number of nitrogens with zero attached hydrogens (tertiary/aromatic N) is 1. The van der Waals surface area contributed by atoms with Gasteiger partial charge in [0, 0.05) is 131 Å². The second-order valence-corrected chi connectivity index (χ2v) is 1.48. The largest absolute Gasteiger partial charge is 0.491 e. The summed E-state index contributed by atoms with van der Waals surface area (Å²) in [6.45, 7) is 0. The molecule has 0 amide bonds. The van der Waals surface area contributed by atoms with Crippen LogP contribution in [-0.4, -0.2) is 16.1 Å². The number of pyridine rings is 1. The molecule has 1 aromatic heterocycles. The van der Waals surface area contributed by atoms with E-state index in [1.54, 1.807) is 0 Å². The first kappa shape index (κ1) is 25.0. The van der Waals surface area contributed by atoms with E-state index in [-0.39, 0.29) is 136 Å². The van der Waals surface area contributed by atoms with Gasteiger partial charge in [-0.25, -0.2) is 12.1 Å². The van der Waals surface area contributed by atoms with Crippen LogP contribution in [0.15, 0.2) is 18.5 Å². The van der Waals surface area contributed by atoms with Crippen LogP contribution in [0.5, 0.6) is 0 Å². The molecule has 4 radical (unpaired) electrons. The van der Waals surface area contributed by atoms with Gasteiger partial charge >= 0.3 is 0 Å². The molecule has 13 heavy (non-hydrogen) atoms. The normalized spacial score (nSPS) is 6.15. The number of carbonyl (C=O) groups is 1. The smallest absolute Gasteiger partial charge is 0.253 e. The molecule has 1 rings (SSSR count). The summed E-state index contributed by atoms with van der Waals surface area (Å²) in [7, 11) is 0. The maximum atomic E-state index is 10.1. The summed E-state index contributed by atoms with van der Waals surface area (Å²) in [5.74, 6) is -0.973. The van der Waals surface area contributed by atoms with E-state index in [0.29, 0.717) is 0 Å². The molecule has 0 aromatic carbocycles. The van der Waals surface area contributed by atoms with Crippen LogP contribution in [0.3, 0.4) is 0 Å². The van der Waals surface area contributed by atoms with Crippen molar-refractivity contribution in [2.45, 2.75) is 0 Å². The first-order valence-corrected chi connectivity index (χ1v) is 2.35. The maximum Gasteiger partial charge on any atom is 0.253 e. The van der Waals surface area contributed by atoms with Crippen LogP contribution >= 0.6 is 0 Å². The van der Waals surface area contributed by atoms with Crippen LogP contribution in [0.4, 0.5) is 0 Å². The van der Waals surface area contributed by atoms with Crippen molar-refractivity contribution >= 4 is 5.97 Å². The van der Waals surface area contributed by atoms with Crippen LogP contribution in [0.25, 0.3) is 0 Å². The minimum Gasteiger partial charge on any atom is -0.491 e. The van der Waals surface area contributed by atoms with Crippen LogP contribution in [0.1, 0.15) is 10.4 Å². The van der Waals surface area contributed by atoms with E-state index in [1.807, 2.05) is 0 Å². The van der Waals surface area contributed by atoms with Gasteiger partial charge in [0.15, 0.2) is 0 Å². The van der Waals surface area contributed by atoms with E-state index in [0.717, 1.165) is 0 Å². The Bertz CT molecular complexity index is 219. The first-order chi connectivity index (χ1) is 4.30. The van der Waals surface area contributed by atoms with Crippen LogP contribution in [0, 0.1) is 6.07 Å². The Hall–Kier alpha value is 3.04. The molecule has 0 aliphatic rings. The monoisotopic (exact) mass is 478 g/mol. The van der Waals surface area contributed by atoms with E-state index in [2.05, 4.69) is 11.1 Å². The van der Waals surface area contributed by atoms with Crippen molar-refractivity contribution in [3.8, 4) is 0 Å². The summed E-state index contributed by atoms with van der Waals surface area (Å²) in [6.07, 6.45) is 2.69. The van der Waals surface area contributed by atoms with E-state index in [1.165, 1.54) is 18.5 Å². The van der Waals surface area contributed by atoms with E-state index in [4.69, 9.17) is 5.11 Å². The molecule has 1 N–H and O–H groups in total. The summed E-state index contributed by atoms with van der Waals surface area (Å²) in [6, 6.07) is 3.92. The third kappa shape index (κ3) is 11.3. The Morgan fingerprint density at radius 2 is 1.85 bits per heavy atom. The fraction of sp³-hybridized carbons (Fsp3) is 0. The standard InChI is InChI=1S/C6H4NO2.4Y/c8-6(9)5-2-1-3-7-4-5;;;;/h2-4H,(H,8,9);;;;/q-1;;;;. The number of rotatable bonds is 1. The molecule has 0 fully saturated rings. The maximum absolute atomic E-state index is 10.1. The third-order valence-electron chi connectivity index (χ3n) is 0.848. The predicted octanol–water partition coefficient (Wildman–Crippen LogP) is 0.570. The zero-order valence-corrected chi connectivity index (χ0v) is 18.2. The van der Waals surface area contributed by atoms with E-state index < -0.39 is 5.97 Å². The SMILES string of the molecule is O=C(O)c1c[c-]cnc1.[Y].[Y].[Y].[Y]. The van der Waals surface area contributed by atoms with Gasteiger partial charge in [0.2, 0.25) is 0 Å². The number of hydrogen-bond donors (Lipinski definition) is 1. The van der Waals surface area contributed by atoms with Gasteiger partial charge in [-0.2, -0.15) is 0 Å². The number of aromatic nitrogens is 1. The molecule has 1 heterocycles. The van der Waals surface area contributed by atoms with Crippen molar-refractivity contribution in [2.24, 2.45) is 0 Å². The molecule has 0 aliphatic heterocycles. The summed E-state index contributed by atoms with van der Waals surface area (Å²) < 4.78 is 0. The first-order valence-electron chi connectivity index (χ1n) is 2.35. The van der Waals surface area contributed by atoms with Crippen molar-refractivity contribution in [2.75, 3.05) is 0 Å². The molecule has 0 saturated carbocycles. The minimum absolute atomic E-state index is 0. The fourth-order valence-corrected chi connectivity index (χ4v) is 0.442. The zero-order valence-electron chi connectivity index (χ0n) is 6.84. The van der Waals surface area contributed by atoms with Gasteiger partial charge in [0.25, 0.3) is 5.97 Å². The van der Waals surface area contributed by atoms with Gasteiger partial charge in [-0.05, 0) is 6.20 Å². The van der Waals surface area contributed by atoms with Crippen LogP contribution in [-0.2, 0) is 131 Å². The van der Waals surface area contributed by atoms with Gasteiger partial charge in [-0.3, -0.25) is 4.79 Å². The van der Waals surface area contributed by atoms with E-state index in [9.17, 15) is 4.79 Å². The summed E-state index contributed by atoms with van der Waals surface area (Å²) >= 11 is 0. The van der Waals surface area contributed by atoms with Crippen molar-refractivity contribution in [3.05, 3.63) is 30.1 Å². The Kier molecular flexibility index (Phi) is 28.9. The van der Waals surface area contributed by atoms with Crippen LogP contribution < -0.4 is 0 Å². The molecule has 0 aliphatic carbocycles. The molecular weight excluding hydrogens is 474 g/mol. The number of carboxylic acid groups (broad SMARTS) is 1. The van der Waals surface area contributed by atoms with Crippen molar-refractivity contribution in [1.82, 2.24) is 4.98 Å². The molecule has 0 bridgehead atoms. The van der Waals surface area contributed by atoms with Crippen molar-refractivity contribution in [3.63, 3.8) is 0 Å². The quantitative estimate of drug-likeness (QED) is 0.602. The summed E-state index contributed by atoms with van der Waals surface area (Å²) in [5, 5.41) is 8.32. The topological polar surface area (TPSA) is 50.2 Å². The summed E-state index contributed by atoms with van der Waals surface area (Å²) in [4.78, 5) is 13.7. The minimum atomic E-state index is -0.973. The van der Waals surface area contributed by atoms with Gasteiger partial charge in [-0.1, -0.05) is 11.8 Å². The Balaban J connectivity index is -0.000000101. The number of hydrogen-bond acceptors (Lipinski definition) is 2.